The van der Waals surface area contributed by atoms with Crippen LogP contribution < -0.4 is 5.32 Å². The summed E-state index contributed by atoms with van der Waals surface area (Å²) in [6.07, 6.45) is 8.36. The van der Waals surface area contributed by atoms with Crippen LogP contribution in [0.2, 0.25) is 0 Å². The molecule has 1 N–H and O–H groups in total. The average Bonchev–Trinajstić information content (AvgIpc) is 2.87. The molecule has 2 atom stereocenters. The standard InChI is InChI=1S/C15H25N3OS/c1-3-5-12-14(20-18-17-12)13(16-2)11-6-9-19-15(10-11)7-4-8-15/h11,13,16H,3-10H2,1-2H3. The highest BCUT2D eigenvalue weighted by atomic mass is 32.1. The monoisotopic (exact) mass is 295 g/mol. The molecule has 112 valence electrons. The van der Waals surface area contributed by atoms with Gasteiger partial charge in [-0.05, 0) is 63.0 Å². The van der Waals surface area contributed by atoms with E-state index < -0.39 is 0 Å². The van der Waals surface area contributed by atoms with E-state index in [4.69, 9.17) is 4.74 Å². The van der Waals surface area contributed by atoms with Gasteiger partial charge in [-0.2, -0.15) is 0 Å². The van der Waals surface area contributed by atoms with Crippen molar-refractivity contribution in [1.29, 1.82) is 0 Å². The van der Waals surface area contributed by atoms with Gasteiger partial charge in [-0.25, -0.2) is 0 Å². The van der Waals surface area contributed by atoms with Crippen LogP contribution in [0.1, 0.15) is 62.1 Å². The van der Waals surface area contributed by atoms with Crippen molar-refractivity contribution in [2.24, 2.45) is 5.92 Å². The molecule has 1 aromatic rings. The molecule has 2 fully saturated rings. The molecule has 5 heteroatoms. The summed E-state index contributed by atoms with van der Waals surface area (Å²) < 4.78 is 10.3. The molecule has 2 unspecified atom stereocenters. The van der Waals surface area contributed by atoms with Crippen LogP contribution in [-0.2, 0) is 11.2 Å². The molecule has 1 spiro atoms. The normalized spacial score (nSPS) is 26.4. The third-order valence-corrected chi connectivity index (χ3v) is 5.78. The first-order chi connectivity index (χ1) is 9.78. The molecule has 0 amide bonds. The minimum Gasteiger partial charge on any atom is -0.375 e. The maximum Gasteiger partial charge on any atom is 0.0803 e. The summed E-state index contributed by atoms with van der Waals surface area (Å²) in [5, 5.41) is 7.87. The minimum atomic E-state index is 0.209. The zero-order valence-corrected chi connectivity index (χ0v) is 13.3. The van der Waals surface area contributed by atoms with Crippen molar-refractivity contribution in [1.82, 2.24) is 14.9 Å². The Balaban J connectivity index is 1.76. The van der Waals surface area contributed by atoms with Crippen LogP contribution in [0.5, 0.6) is 0 Å². The van der Waals surface area contributed by atoms with Crippen LogP contribution in [-0.4, -0.2) is 28.8 Å². The van der Waals surface area contributed by atoms with Crippen molar-refractivity contribution in [2.45, 2.75) is 63.5 Å². The van der Waals surface area contributed by atoms with Crippen molar-refractivity contribution >= 4 is 11.5 Å². The Kier molecular flexibility index (Phi) is 4.38. The second-order valence-corrected chi connectivity index (χ2v) is 7.02. The molecule has 1 saturated carbocycles. The second-order valence-electron chi connectivity index (χ2n) is 6.24. The molecule has 1 aliphatic heterocycles. The van der Waals surface area contributed by atoms with Gasteiger partial charge in [0.25, 0.3) is 0 Å². The first-order valence-electron chi connectivity index (χ1n) is 7.90. The van der Waals surface area contributed by atoms with Gasteiger partial charge in [0.1, 0.15) is 0 Å². The molecule has 0 bridgehead atoms. The van der Waals surface area contributed by atoms with E-state index in [0.29, 0.717) is 12.0 Å². The molecule has 4 nitrogen and oxygen atoms in total. The number of hydrogen-bond acceptors (Lipinski definition) is 5. The average molecular weight is 295 g/mol. The van der Waals surface area contributed by atoms with E-state index in [-0.39, 0.29) is 5.60 Å². The third kappa shape index (κ3) is 2.63. The predicted molar refractivity (Wildman–Crippen MR) is 81.0 cm³/mol. The number of aromatic nitrogens is 2. The zero-order chi connectivity index (χ0) is 14.0. The Morgan fingerprint density at radius 2 is 2.35 bits per heavy atom. The summed E-state index contributed by atoms with van der Waals surface area (Å²) in [7, 11) is 2.07. The summed E-state index contributed by atoms with van der Waals surface area (Å²) in [4.78, 5) is 1.36. The Morgan fingerprint density at radius 3 is 3.00 bits per heavy atom. The SMILES string of the molecule is CCCc1nnsc1C(NC)C1CCOC2(CCC2)C1. The lowest BCUT2D eigenvalue weighted by molar-refractivity contribution is -0.147. The van der Waals surface area contributed by atoms with E-state index in [1.165, 1.54) is 36.3 Å². The van der Waals surface area contributed by atoms with Crippen LogP contribution in [0.3, 0.4) is 0 Å². The summed E-state index contributed by atoms with van der Waals surface area (Å²) >= 11 is 1.58. The van der Waals surface area contributed by atoms with E-state index >= 15 is 0 Å². The molecule has 0 aromatic carbocycles. The molecule has 1 aliphatic carbocycles. The van der Waals surface area contributed by atoms with Gasteiger partial charge >= 0.3 is 0 Å². The smallest absolute Gasteiger partial charge is 0.0803 e. The molecular formula is C15H25N3OS. The fraction of sp³-hybridized carbons (Fsp3) is 0.867. The van der Waals surface area contributed by atoms with Crippen molar-refractivity contribution in [2.75, 3.05) is 13.7 Å². The lowest BCUT2D eigenvalue weighted by Crippen LogP contribution is -2.47. The molecular weight excluding hydrogens is 270 g/mol. The van der Waals surface area contributed by atoms with Crippen molar-refractivity contribution in [3.05, 3.63) is 10.6 Å². The molecule has 1 aromatic heterocycles. The van der Waals surface area contributed by atoms with Crippen LogP contribution in [0.4, 0.5) is 0 Å². The van der Waals surface area contributed by atoms with Crippen LogP contribution in [0.25, 0.3) is 0 Å². The molecule has 2 heterocycles. The van der Waals surface area contributed by atoms with Gasteiger partial charge in [0, 0.05) is 12.6 Å². The first kappa shape index (κ1) is 14.4. The maximum absolute atomic E-state index is 6.07. The molecule has 2 aliphatic rings. The van der Waals surface area contributed by atoms with E-state index in [9.17, 15) is 0 Å². The van der Waals surface area contributed by atoms with Crippen LogP contribution in [0, 0.1) is 5.92 Å². The third-order valence-electron chi connectivity index (χ3n) is 4.93. The fourth-order valence-electron chi connectivity index (χ4n) is 3.71. The molecule has 3 rings (SSSR count). The quantitative estimate of drug-likeness (QED) is 0.907. The highest BCUT2D eigenvalue weighted by Crippen LogP contribution is 2.47. The topological polar surface area (TPSA) is 47.0 Å². The summed E-state index contributed by atoms with van der Waals surface area (Å²) in [6, 6.07) is 0.401. The first-order valence-corrected chi connectivity index (χ1v) is 8.68. The van der Waals surface area contributed by atoms with Crippen molar-refractivity contribution < 1.29 is 4.74 Å². The Morgan fingerprint density at radius 1 is 1.50 bits per heavy atom. The van der Waals surface area contributed by atoms with Crippen molar-refractivity contribution in [3.8, 4) is 0 Å². The number of hydrogen-bond donors (Lipinski definition) is 1. The number of nitrogens with zero attached hydrogens (tertiary/aromatic N) is 2. The number of ether oxygens (including phenoxy) is 1. The van der Waals surface area contributed by atoms with Gasteiger partial charge in [-0.15, -0.1) is 5.10 Å². The molecule has 20 heavy (non-hydrogen) atoms. The van der Waals surface area contributed by atoms with E-state index in [1.807, 2.05) is 0 Å². The highest BCUT2D eigenvalue weighted by Gasteiger charge is 2.44. The lowest BCUT2D eigenvalue weighted by Gasteiger charge is -2.48. The summed E-state index contributed by atoms with van der Waals surface area (Å²) in [6.45, 7) is 3.12. The molecule has 1 saturated heterocycles. The van der Waals surface area contributed by atoms with Crippen molar-refractivity contribution in [3.63, 3.8) is 0 Å². The maximum atomic E-state index is 6.07. The summed E-state index contributed by atoms with van der Waals surface area (Å²) in [5.41, 5.74) is 1.41. The van der Waals surface area contributed by atoms with Gasteiger partial charge in [0.05, 0.1) is 16.2 Å². The summed E-state index contributed by atoms with van der Waals surface area (Å²) in [5.74, 6) is 0.659. The second kappa shape index (κ2) is 6.08. The predicted octanol–water partition coefficient (Wildman–Crippen LogP) is 3.10. The van der Waals surface area contributed by atoms with E-state index in [1.54, 1.807) is 11.5 Å². The van der Waals surface area contributed by atoms with E-state index in [0.717, 1.165) is 25.9 Å². The van der Waals surface area contributed by atoms with Gasteiger partial charge < -0.3 is 10.1 Å². The minimum absolute atomic E-state index is 0.209. The lowest BCUT2D eigenvalue weighted by atomic mass is 9.70. The number of aryl methyl sites for hydroxylation is 1. The zero-order valence-electron chi connectivity index (χ0n) is 12.5. The Bertz CT molecular complexity index is 444. The highest BCUT2D eigenvalue weighted by molar-refractivity contribution is 7.05. The largest absolute Gasteiger partial charge is 0.375 e. The number of nitrogens with one attached hydrogen (secondary N) is 1. The van der Waals surface area contributed by atoms with Crippen LogP contribution >= 0.6 is 11.5 Å². The Labute approximate surface area is 125 Å². The fourth-order valence-corrected chi connectivity index (χ4v) is 4.61. The van der Waals surface area contributed by atoms with Gasteiger partial charge in [-0.3, -0.25) is 0 Å². The Hall–Kier alpha value is -0.520. The van der Waals surface area contributed by atoms with Gasteiger partial charge in [-0.1, -0.05) is 17.8 Å². The number of rotatable bonds is 5. The van der Waals surface area contributed by atoms with Crippen LogP contribution in [0.15, 0.2) is 0 Å². The molecule has 0 radical (unpaired) electrons. The van der Waals surface area contributed by atoms with Gasteiger partial charge in [0.15, 0.2) is 0 Å². The van der Waals surface area contributed by atoms with E-state index in [2.05, 4.69) is 28.9 Å². The van der Waals surface area contributed by atoms with Gasteiger partial charge in [0.2, 0.25) is 0 Å².